The van der Waals surface area contributed by atoms with Crippen molar-refractivity contribution in [2.75, 3.05) is 7.11 Å². The van der Waals surface area contributed by atoms with E-state index < -0.39 is 0 Å². The summed E-state index contributed by atoms with van der Waals surface area (Å²) in [6.07, 6.45) is 1.62. The Morgan fingerprint density at radius 2 is 2.00 bits per heavy atom. The number of fused-ring (bicyclic) bond motifs is 1. The van der Waals surface area contributed by atoms with E-state index in [2.05, 4.69) is 36.5 Å². The number of nitrogens with zero attached hydrogens (tertiary/aromatic N) is 5. The maximum absolute atomic E-state index is 12.5. The van der Waals surface area contributed by atoms with E-state index in [1.807, 2.05) is 72.5 Å². The molecule has 0 saturated carbocycles. The molecule has 0 radical (unpaired) electrons. The van der Waals surface area contributed by atoms with Gasteiger partial charge in [0.25, 0.3) is 5.91 Å². The van der Waals surface area contributed by atoms with E-state index in [9.17, 15) is 4.79 Å². The first-order valence-electron chi connectivity index (χ1n) is 10.5. The Morgan fingerprint density at radius 3 is 2.73 bits per heavy atom. The minimum absolute atomic E-state index is 0.143. The summed E-state index contributed by atoms with van der Waals surface area (Å²) in [6.45, 7) is 6.57. The van der Waals surface area contributed by atoms with Crippen LogP contribution in [0.4, 0.5) is 0 Å². The van der Waals surface area contributed by atoms with Gasteiger partial charge in [-0.1, -0.05) is 12.1 Å². The normalized spacial score (nSPS) is 11.4. The number of nitrogens with one attached hydrogen (secondary N) is 1. The highest BCUT2D eigenvalue weighted by molar-refractivity contribution is 9.10. The summed E-state index contributed by atoms with van der Waals surface area (Å²) < 4.78 is 10.3. The average Bonchev–Trinajstić information content (AvgIpc) is 3.24. The summed E-state index contributed by atoms with van der Waals surface area (Å²) in [6, 6.07) is 13.5. The summed E-state index contributed by atoms with van der Waals surface area (Å²) in [5.74, 6) is 1.33. The number of carbonyl (C=O) groups is 1. The van der Waals surface area contributed by atoms with Gasteiger partial charge in [-0.25, -0.2) is 10.4 Å². The number of aromatic nitrogens is 4. The van der Waals surface area contributed by atoms with Crippen molar-refractivity contribution in [3.63, 3.8) is 0 Å². The predicted octanol–water partition coefficient (Wildman–Crippen LogP) is 4.13. The number of amides is 1. The van der Waals surface area contributed by atoms with Crippen LogP contribution in [0.15, 0.2) is 52.0 Å². The molecule has 8 nitrogen and oxygen atoms in total. The minimum atomic E-state index is -0.223. The summed E-state index contributed by atoms with van der Waals surface area (Å²) in [7, 11) is 1.64. The first-order valence-corrected chi connectivity index (χ1v) is 11.3. The van der Waals surface area contributed by atoms with Crippen LogP contribution in [-0.4, -0.2) is 38.6 Å². The molecule has 1 amide bonds. The smallest absolute Gasteiger partial charge is 0.260 e. The third-order valence-electron chi connectivity index (χ3n) is 5.47. The van der Waals surface area contributed by atoms with E-state index in [1.54, 1.807) is 13.3 Å². The first kappa shape index (κ1) is 22.7. The van der Waals surface area contributed by atoms with Crippen LogP contribution in [0, 0.1) is 20.8 Å². The number of benzene rings is 2. The van der Waals surface area contributed by atoms with E-state index in [0.29, 0.717) is 6.54 Å². The maximum Gasteiger partial charge on any atom is 0.260 e. The van der Waals surface area contributed by atoms with Crippen LogP contribution in [-0.2, 0) is 17.9 Å². The topological polar surface area (TPSA) is 86.3 Å². The van der Waals surface area contributed by atoms with Gasteiger partial charge in [0.05, 0.1) is 46.8 Å². The number of para-hydroxylation sites is 2. The molecule has 0 saturated heterocycles. The standard InChI is InChI=1S/C24H25BrN6O2/c1-15-24(25)16(2)31(29-15)13-19-11-18(9-10-22(19)33-4)12-26-28-23(32)14-30-17(3)27-20-7-5-6-8-21(20)30/h5-12H,13-14H2,1-4H3,(H,28,32)/b26-12+. The summed E-state index contributed by atoms with van der Waals surface area (Å²) in [4.78, 5) is 17.0. The summed E-state index contributed by atoms with van der Waals surface area (Å²) in [5.41, 5.74) is 8.18. The summed E-state index contributed by atoms with van der Waals surface area (Å²) in [5, 5.41) is 8.72. The monoisotopic (exact) mass is 508 g/mol. The zero-order valence-electron chi connectivity index (χ0n) is 19.0. The molecule has 4 aromatic rings. The van der Waals surface area contributed by atoms with Gasteiger partial charge in [-0.15, -0.1) is 0 Å². The van der Waals surface area contributed by atoms with Crippen LogP contribution in [0.1, 0.15) is 28.3 Å². The fraction of sp³-hybridized carbons (Fsp3) is 0.250. The van der Waals surface area contributed by atoms with Gasteiger partial charge in [0, 0.05) is 5.56 Å². The lowest BCUT2D eigenvalue weighted by atomic mass is 10.1. The Hall–Kier alpha value is -3.46. The molecule has 170 valence electrons. The quantitative estimate of drug-likeness (QED) is 0.300. The third kappa shape index (κ3) is 4.83. The number of carbonyl (C=O) groups excluding carboxylic acids is 1. The van der Waals surface area contributed by atoms with E-state index in [4.69, 9.17) is 4.74 Å². The van der Waals surface area contributed by atoms with Gasteiger partial charge in [0.15, 0.2) is 0 Å². The highest BCUT2D eigenvalue weighted by Gasteiger charge is 2.12. The van der Waals surface area contributed by atoms with Gasteiger partial charge < -0.3 is 9.30 Å². The molecule has 0 aliphatic heterocycles. The van der Waals surface area contributed by atoms with Crippen molar-refractivity contribution >= 4 is 39.1 Å². The minimum Gasteiger partial charge on any atom is -0.496 e. The predicted molar refractivity (Wildman–Crippen MR) is 132 cm³/mol. The van der Waals surface area contributed by atoms with Crippen molar-refractivity contribution < 1.29 is 9.53 Å². The lowest BCUT2D eigenvalue weighted by Gasteiger charge is -2.11. The molecular formula is C24H25BrN6O2. The van der Waals surface area contributed by atoms with Crippen LogP contribution in [0.5, 0.6) is 5.75 Å². The lowest BCUT2D eigenvalue weighted by Crippen LogP contribution is -2.23. The van der Waals surface area contributed by atoms with E-state index in [-0.39, 0.29) is 12.5 Å². The largest absolute Gasteiger partial charge is 0.496 e. The van der Waals surface area contributed by atoms with Crippen molar-refractivity contribution in [3.8, 4) is 5.75 Å². The lowest BCUT2D eigenvalue weighted by molar-refractivity contribution is -0.121. The van der Waals surface area contributed by atoms with Crippen molar-refractivity contribution in [2.24, 2.45) is 5.10 Å². The number of ether oxygens (including phenoxy) is 1. The third-order valence-corrected chi connectivity index (χ3v) is 6.62. The number of rotatable bonds is 7. The number of aryl methyl sites for hydroxylation is 2. The van der Waals surface area contributed by atoms with Crippen molar-refractivity contribution in [1.29, 1.82) is 0 Å². The van der Waals surface area contributed by atoms with Crippen molar-refractivity contribution in [2.45, 2.75) is 33.9 Å². The average molecular weight is 509 g/mol. The number of methoxy groups -OCH3 is 1. The van der Waals surface area contributed by atoms with Gasteiger partial charge in [0.2, 0.25) is 0 Å². The number of hydrogen-bond acceptors (Lipinski definition) is 5. The van der Waals surface area contributed by atoms with E-state index in [0.717, 1.165) is 49.6 Å². The fourth-order valence-corrected chi connectivity index (χ4v) is 4.03. The van der Waals surface area contributed by atoms with Crippen molar-refractivity contribution in [1.82, 2.24) is 24.8 Å². The Balaban J connectivity index is 1.46. The molecule has 0 fully saturated rings. The number of hydrazone groups is 1. The number of halogens is 1. The highest BCUT2D eigenvalue weighted by Crippen LogP contribution is 2.24. The molecule has 0 spiro atoms. The maximum atomic E-state index is 12.5. The van der Waals surface area contributed by atoms with Crippen LogP contribution >= 0.6 is 15.9 Å². The molecule has 33 heavy (non-hydrogen) atoms. The molecule has 0 aliphatic carbocycles. The molecule has 2 heterocycles. The van der Waals surface area contributed by atoms with E-state index >= 15 is 0 Å². The van der Waals surface area contributed by atoms with Gasteiger partial charge >= 0.3 is 0 Å². The molecule has 9 heteroatoms. The number of hydrogen-bond donors (Lipinski definition) is 1. The second kappa shape index (κ2) is 9.58. The fourth-order valence-electron chi connectivity index (χ4n) is 3.75. The van der Waals surface area contributed by atoms with Gasteiger partial charge in [-0.3, -0.25) is 9.48 Å². The molecule has 2 aromatic carbocycles. The molecule has 0 bridgehead atoms. The molecule has 0 aliphatic rings. The Kier molecular flexibility index (Phi) is 6.60. The number of imidazole rings is 1. The van der Waals surface area contributed by atoms with Gasteiger partial charge in [-0.2, -0.15) is 10.2 Å². The Morgan fingerprint density at radius 1 is 1.21 bits per heavy atom. The molecule has 2 aromatic heterocycles. The van der Waals surface area contributed by atoms with Gasteiger partial charge in [0.1, 0.15) is 18.1 Å². The Bertz CT molecular complexity index is 1350. The summed E-state index contributed by atoms with van der Waals surface area (Å²) >= 11 is 3.57. The zero-order valence-corrected chi connectivity index (χ0v) is 20.5. The zero-order chi connectivity index (χ0) is 23.5. The first-order chi connectivity index (χ1) is 15.9. The van der Waals surface area contributed by atoms with Gasteiger partial charge in [-0.05, 0) is 72.6 Å². The second-order valence-electron chi connectivity index (χ2n) is 7.74. The SMILES string of the molecule is COc1ccc(/C=N/NC(=O)Cn2c(C)nc3ccccc32)cc1Cn1nc(C)c(Br)c1C. The highest BCUT2D eigenvalue weighted by atomic mass is 79.9. The van der Waals surface area contributed by atoms with Crippen LogP contribution in [0.2, 0.25) is 0 Å². The molecule has 1 N–H and O–H groups in total. The van der Waals surface area contributed by atoms with Crippen molar-refractivity contribution in [3.05, 3.63) is 75.3 Å². The van der Waals surface area contributed by atoms with Crippen LogP contribution in [0.3, 0.4) is 0 Å². The van der Waals surface area contributed by atoms with Crippen LogP contribution in [0.25, 0.3) is 11.0 Å². The molecule has 0 atom stereocenters. The van der Waals surface area contributed by atoms with E-state index in [1.165, 1.54) is 0 Å². The second-order valence-corrected chi connectivity index (χ2v) is 8.53. The molecule has 4 rings (SSSR count). The Labute approximate surface area is 200 Å². The molecular weight excluding hydrogens is 484 g/mol. The van der Waals surface area contributed by atoms with Crippen LogP contribution < -0.4 is 10.2 Å². The molecule has 0 unspecified atom stereocenters.